The molecule has 2 heterocycles. The number of imidazole rings is 1. The van der Waals surface area contributed by atoms with Crippen LogP contribution >= 0.6 is 11.6 Å². The molecule has 0 amide bonds. The zero-order valence-corrected chi connectivity index (χ0v) is 14.5. The summed E-state index contributed by atoms with van der Waals surface area (Å²) in [5, 5.41) is 4.09. The SMILES string of the molecule is Cn1cnc(S(=O)(=O)NCCc2ccc(-n3cccn3)cc2)c1Cl. The van der Waals surface area contributed by atoms with Crippen LogP contribution in [0.25, 0.3) is 5.69 Å². The Labute approximate surface area is 145 Å². The van der Waals surface area contributed by atoms with Crippen molar-refractivity contribution in [2.75, 3.05) is 6.54 Å². The van der Waals surface area contributed by atoms with Gasteiger partial charge in [0, 0.05) is 26.0 Å². The third-order valence-corrected chi connectivity index (χ3v) is 5.45. The van der Waals surface area contributed by atoms with Crippen molar-refractivity contribution < 1.29 is 8.42 Å². The number of nitrogens with one attached hydrogen (secondary N) is 1. The number of halogens is 1. The first kappa shape index (κ1) is 16.7. The topological polar surface area (TPSA) is 81.8 Å². The van der Waals surface area contributed by atoms with Crippen LogP contribution in [0.2, 0.25) is 5.15 Å². The van der Waals surface area contributed by atoms with Crippen LogP contribution in [0.3, 0.4) is 0 Å². The third kappa shape index (κ3) is 3.50. The van der Waals surface area contributed by atoms with Gasteiger partial charge in [-0.3, -0.25) is 0 Å². The Kier molecular flexibility index (Phi) is 4.70. The first-order chi connectivity index (χ1) is 11.5. The molecular formula is C15H16ClN5O2S. The van der Waals surface area contributed by atoms with Gasteiger partial charge in [-0.2, -0.15) is 5.10 Å². The highest BCUT2D eigenvalue weighted by Gasteiger charge is 2.21. The smallest absolute Gasteiger partial charge is 0.261 e. The molecule has 0 unspecified atom stereocenters. The summed E-state index contributed by atoms with van der Waals surface area (Å²) in [6.45, 7) is 0.260. The van der Waals surface area contributed by atoms with E-state index in [1.807, 2.05) is 36.5 Å². The van der Waals surface area contributed by atoms with Crippen LogP contribution in [0.1, 0.15) is 5.56 Å². The van der Waals surface area contributed by atoms with Crippen molar-refractivity contribution in [2.45, 2.75) is 11.4 Å². The number of nitrogens with zero attached hydrogens (tertiary/aromatic N) is 4. The standard InChI is InChI=1S/C15H16ClN5O2S/c1-20-11-17-15(14(20)16)24(22,23)19-9-7-12-3-5-13(6-4-12)21-10-2-8-18-21/h2-6,8,10-11,19H,7,9H2,1H3. The highest BCUT2D eigenvalue weighted by Crippen LogP contribution is 2.18. The van der Waals surface area contributed by atoms with E-state index in [1.165, 1.54) is 10.9 Å². The van der Waals surface area contributed by atoms with Gasteiger partial charge in [-0.15, -0.1) is 0 Å². The predicted octanol–water partition coefficient (Wildman–Crippen LogP) is 1.78. The minimum atomic E-state index is -3.71. The van der Waals surface area contributed by atoms with Gasteiger partial charge < -0.3 is 4.57 Å². The monoisotopic (exact) mass is 365 g/mol. The van der Waals surface area contributed by atoms with Gasteiger partial charge in [0.25, 0.3) is 10.0 Å². The quantitative estimate of drug-likeness (QED) is 0.722. The zero-order valence-electron chi connectivity index (χ0n) is 12.9. The van der Waals surface area contributed by atoms with Gasteiger partial charge in [-0.1, -0.05) is 23.7 Å². The fourth-order valence-corrected chi connectivity index (χ4v) is 3.67. The lowest BCUT2D eigenvalue weighted by atomic mass is 10.1. The zero-order chi connectivity index (χ0) is 17.2. The Morgan fingerprint density at radius 2 is 2.00 bits per heavy atom. The van der Waals surface area contributed by atoms with E-state index >= 15 is 0 Å². The first-order valence-corrected chi connectivity index (χ1v) is 9.09. The van der Waals surface area contributed by atoms with Gasteiger partial charge in [0.05, 0.1) is 12.0 Å². The molecule has 7 nitrogen and oxygen atoms in total. The Morgan fingerprint density at radius 3 is 2.58 bits per heavy atom. The molecule has 0 aliphatic rings. The van der Waals surface area contributed by atoms with Crippen LogP contribution in [0, 0.1) is 0 Å². The minimum absolute atomic E-state index is 0.0890. The van der Waals surface area contributed by atoms with Crippen molar-refractivity contribution in [3.8, 4) is 5.69 Å². The van der Waals surface area contributed by atoms with Crippen molar-refractivity contribution in [1.29, 1.82) is 0 Å². The van der Waals surface area contributed by atoms with Crippen LogP contribution in [0.15, 0.2) is 54.1 Å². The highest BCUT2D eigenvalue weighted by molar-refractivity contribution is 7.89. The molecule has 9 heteroatoms. The number of aryl methyl sites for hydroxylation is 1. The lowest BCUT2D eigenvalue weighted by Gasteiger charge is -2.06. The minimum Gasteiger partial charge on any atom is -0.324 e. The van der Waals surface area contributed by atoms with E-state index in [0.717, 1.165) is 11.3 Å². The summed E-state index contributed by atoms with van der Waals surface area (Å²) in [4.78, 5) is 3.82. The second-order valence-electron chi connectivity index (χ2n) is 5.22. The summed E-state index contributed by atoms with van der Waals surface area (Å²) in [5.41, 5.74) is 1.96. The maximum absolute atomic E-state index is 12.2. The molecule has 0 bridgehead atoms. The van der Waals surface area contributed by atoms with E-state index < -0.39 is 10.0 Å². The highest BCUT2D eigenvalue weighted by atomic mass is 35.5. The van der Waals surface area contributed by atoms with E-state index in [-0.39, 0.29) is 16.7 Å². The molecule has 0 aliphatic carbocycles. The van der Waals surface area contributed by atoms with E-state index in [0.29, 0.717) is 6.42 Å². The molecule has 0 atom stereocenters. The molecule has 0 radical (unpaired) electrons. The molecule has 3 aromatic rings. The molecule has 0 saturated heterocycles. The fourth-order valence-electron chi connectivity index (χ4n) is 2.21. The van der Waals surface area contributed by atoms with Crippen LogP contribution in [-0.2, 0) is 23.5 Å². The van der Waals surface area contributed by atoms with E-state index in [1.54, 1.807) is 17.9 Å². The fraction of sp³-hybridized carbons (Fsp3) is 0.200. The molecule has 0 spiro atoms. The predicted molar refractivity (Wildman–Crippen MR) is 90.7 cm³/mol. The van der Waals surface area contributed by atoms with E-state index in [4.69, 9.17) is 11.6 Å². The summed E-state index contributed by atoms with van der Waals surface area (Å²) in [6.07, 6.45) is 5.50. The van der Waals surface area contributed by atoms with Gasteiger partial charge in [0.2, 0.25) is 5.03 Å². The number of hydrogen-bond acceptors (Lipinski definition) is 4. The summed E-state index contributed by atoms with van der Waals surface area (Å²) < 4.78 is 30.1. The maximum atomic E-state index is 12.2. The van der Waals surface area contributed by atoms with Gasteiger partial charge in [0.15, 0.2) is 0 Å². The van der Waals surface area contributed by atoms with Gasteiger partial charge in [-0.05, 0) is 30.2 Å². The van der Waals surface area contributed by atoms with Crippen molar-refractivity contribution in [3.63, 3.8) is 0 Å². The van der Waals surface area contributed by atoms with Gasteiger partial charge in [-0.25, -0.2) is 22.8 Å². The number of aromatic nitrogens is 4. The average molecular weight is 366 g/mol. The van der Waals surface area contributed by atoms with Crippen molar-refractivity contribution in [1.82, 2.24) is 24.1 Å². The van der Waals surface area contributed by atoms with E-state index in [9.17, 15) is 8.42 Å². The van der Waals surface area contributed by atoms with Crippen molar-refractivity contribution in [2.24, 2.45) is 7.05 Å². The molecule has 2 aromatic heterocycles. The molecule has 3 rings (SSSR count). The molecule has 24 heavy (non-hydrogen) atoms. The Morgan fingerprint density at radius 1 is 1.25 bits per heavy atom. The van der Waals surface area contributed by atoms with Gasteiger partial charge in [0.1, 0.15) is 5.15 Å². The lowest BCUT2D eigenvalue weighted by molar-refractivity contribution is 0.578. The largest absolute Gasteiger partial charge is 0.324 e. The summed E-state index contributed by atoms with van der Waals surface area (Å²) in [5.74, 6) is 0. The molecule has 0 fully saturated rings. The second kappa shape index (κ2) is 6.76. The molecule has 1 N–H and O–H groups in total. The Bertz CT molecular complexity index is 917. The molecule has 0 aliphatic heterocycles. The molecule has 1 aromatic carbocycles. The number of hydrogen-bond donors (Lipinski definition) is 1. The van der Waals surface area contributed by atoms with Crippen LogP contribution in [0.5, 0.6) is 0 Å². The molecular weight excluding hydrogens is 350 g/mol. The molecule has 0 saturated carbocycles. The second-order valence-corrected chi connectivity index (χ2v) is 7.26. The van der Waals surface area contributed by atoms with Crippen LogP contribution < -0.4 is 4.72 Å². The molecule has 126 valence electrons. The van der Waals surface area contributed by atoms with Crippen molar-refractivity contribution >= 4 is 21.6 Å². The lowest BCUT2D eigenvalue weighted by Crippen LogP contribution is -2.26. The Hall–Kier alpha value is -2.16. The number of rotatable bonds is 6. The average Bonchev–Trinajstić information content (AvgIpc) is 3.19. The summed E-state index contributed by atoms with van der Waals surface area (Å²) in [6, 6.07) is 9.61. The number of benzene rings is 1. The maximum Gasteiger partial charge on any atom is 0.261 e. The third-order valence-electron chi connectivity index (χ3n) is 3.50. The van der Waals surface area contributed by atoms with Crippen LogP contribution in [0.4, 0.5) is 0 Å². The van der Waals surface area contributed by atoms with Gasteiger partial charge >= 0.3 is 0 Å². The van der Waals surface area contributed by atoms with Crippen LogP contribution in [-0.4, -0.2) is 34.3 Å². The summed E-state index contributed by atoms with van der Waals surface area (Å²) in [7, 11) is -2.08. The first-order valence-electron chi connectivity index (χ1n) is 7.23. The van der Waals surface area contributed by atoms with Crippen molar-refractivity contribution in [3.05, 3.63) is 59.8 Å². The van der Waals surface area contributed by atoms with E-state index in [2.05, 4.69) is 14.8 Å². The summed E-state index contributed by atoms with van der Waals surface area (Å²) >= 11 is 5.93. The number of sulfonamides is 1. The normalized spacial score (nSPS) is 11.8. The Balaban J connectivity index is 1.61.